The fourth-order valence-electron chi connectivity index (χ4n) is 2.86. The van der Waals surface area contributed by atoms with Crippen LogP contribution in [0.4, 0.5) is 18.9 Å². The Kier molecular flexibility index (Phi) is 7.90. The summed E-state index contributed by atoms with van der Waals surface area (Å²) >= 11 is 2.09. The van der Waals surface area contributed by atoms with Crippen LogP contribution >= 0.6 is 30.3 Å². The number of halogens is 4. The van der Waals surface area contributed by atoms with E-state index in [9.17, 15) is 13.2 Å². The number of benzene rings is 3. The van der Waals surface area contributed by atoms with E-state index in [-0.39, 0.29) is 6.04 Å². The van der Waals surface area contributed by atoms with Gasteiger partial charge in [-0.1, -0.05) is 29.8 Å². The maximum atomic E-state index is 13.1. The number of nitrogens with one attached hydrogen (secondary N) is 2. The third-order valence-corrected chi connectivity index (χ3v) is 5.62. The standard InChI is InChI=1S/C22H20F3IN2OS/c1-15-5-9-19(10-6-15)29-20-11-7-18(8-12-20)28-21(14-27-30-26)16-3-2-4-17(13-16)22(23,24)25/h2-13,21,27-28H,14H2,1H3. The number of hydrogen-bond acceptors (Lipinski definition) is 4. The van der Waals surface area contributed by atoms with Crippen LogP contribution in [0, 0.1) is 6.92 Å². The largest absolute Gasteiger partial charge is 0.457 e. The molecule has 0 heterocycles. The van der Waals surface area contributed by atoms with Crippen LogP contribution in [0.3, 0.4) is 0 Å². The highest BCUT2D eigenvalue weighted by atomic mass is 127. The first kappa shape index (κ1) is 22.8. The van der Waals surface area contributed by atoms with Gasteiger partial charge in [0, 0.05) is 33.4 Å². The first-order valence-electron chi connectivity index (χ1n) is 9.14. The van der Waals surface area contributed by atoms with Gasteiger partial charge in [0.2, 0.25) is 0 Å². The van der Waals surface area contributed by atoms with Crippen LogP contribution in [0.1, 0.15) is 22.7 Å². The minimum Gasteiger partial charge on any atom is -0.457 e. The molecule has 3 aromatic carbocycles. The Bertz CT molecular complexity index is 950. The van der Waals surface area contributed by atoms with Gasteiger partial charge in [0.05, 0.1) is 11.6 Å². The van der Waals surface area contributed by atoms with Gasteiger partial charge in [-0.05, 0) is 70.1 Å². The van der Waals surface area contributed by atoms with Crippen LogP contribution in [0.2, 0.25) is 0 Å². The molecule has 0 amide bonds. The normalized spacial score (nSPS) is 12.4. The van der Waals surface area contributed by atoms with E-state index in [4.69, 9.17) is 4.74 Å². The zero-order valence-corrected chi connectivity index (χ0v) is 19.0. The monoisotopic (exact) mass is 544 g/mol. The molecule has 30 heavy (non-hydrogen) atoms. The summed E-state index contributed by atoms with van der Waals surface area (Å²) in [6.07, 6.45) is -4.37. The molecule has 3 rings (SSSR count). The van der Waals surface area contributed by atoms with E-state index < -0.39 is 11.7 Å². The summed E-state index contributed by atoms with van der Waals surface area (Å²) in [5.41, 5.74) is 1.84. The minimum atomic E-state index is -4.37. The molecule has 0 aliphatic heterocycles. The van der Waals surface area contributed by atoms with Crippen molar-refractivity contribution in [2.24, 2.45) is 0 Å². The van der Waals surface area contributed by atoms with E-state index in [1.807, 2.05) is 55.5 Å². The van der Waals surface area contributed by atoms with Gasteiger partial charge in [0.15, 0.2) is 0 Å². The summed E-state index contributed by atoms with van der Waals surface area (Å²) in [5.74, 6) is 1.42. The van der Waals surface area contributed by atoms with Crippen molar-refractivity contribution in [2.75, 3.05) is 11.9 Å². The molecular weight excluding hydrogens is 524 g/mol. The van der Waals surface area contributed by atoms with Crippen LogP contribution in [-0.2, 0) is 6.18 Å². The quantitative estimate of drug-likeness (QED) is 0.227. The number of anilines is 1. The smallest absolute Gasteiger partial charge is 0.416 e. The molecule has 0 saturated carbocycles. The Hall–Kier alpha value is -1.91. The Morgan fingerprint density at radius 1 is 0.967 bits per heavy atom. The van der Waals surface area contributed by atoms with E-state index in [0.29, 0.717) is 17.9 Å². The lowest BCUT2D eigenvalue weighted by molar-refractivity contribution is -0.137. The molecule has 0 aromatic heterocycles. The van der Waals surface area contributed by atoms with Crippen molar-refractivity contribution < 1.29 is 17.9 Å². The molecule has 1 unspecified atom stereocenters. The van der Waals surface area contributed by atoms with Gasteiger partial charge in [-0.2, -0.15) is 13.2 Å². The van der Waals surface area contributed by atoms with Crippen LogP contribution in [0.15, 0.2) is 72.8 Å². The Morgan fingerprint density at radius 2 is 1.60 bits per heavy atom. The van der Waals surface area contributed by atoms with Gasteiger partial charge >= 0.3 is 6.18 Å². The maximum Gasteiger partial charge on any atom is 0.416 e. The third-order valence-electron chi connectivity index (χ3n) is 4.41. The van der Waals surface area contributed by atoms with Crippen LogP contribution in [0.25, 0.3) is 0 Å². The van der Waals surface area contributed by atoms with E-state index in [1.54, 1.807) is 6.07 Å². The molecule has 8 heteroatoms. The average molecular weight is 544 g/mol. The van der Waals surface area contributed by atoms with E-state index in [1.165, 1.54) is 21.3 Å². The summed E-state index contributed by atoms with van der Waals surface area (Å²) in [6, 6.07) is 20.2. The highest BCUT2D eigenvalue weighted by molar-refractivity contribution is 14.2. The number of hydrogen-bond donors (Lipinski definition) is 2. The van der Waals surface area contributed by atoms with E-state index >= 15 is 0 Å². The number of rotatable bonds is 8. The summed E-state index contributed by atoms with van der Waals surface area (Å²) in [6.45, 7) is 2.47. The predicted octanol–water partition coefficient (Wildman–Crippen LogP) is 7.55. The van der Waals surface area contributed by atoms with Crippen molar-refractivity contribution in [3.63, 3.8) is 0 Å². The summed E-state index contributed by atoms with van der Waals surface area (Å²) < 4.78 is 48.2. The van der Waals surface area contributed by atoms with Gasteiger partial charge in [-0.3, -0.25) is 4.72 Å². The molecule has 3 nitrogen and oxygen atoms in total. The summed E-state index contributed by atoms with van der Waals surface area (Å²) in [5, 5.41) is 3.31. The van der Waals surface area contributed by atoms with Crippen LogP contribution in [-0.4, -0.2) is 6.54 Å². The molecule has 0 aliphatic carbocycles. The zero-order chi connectivity index (χ0) is 21.6. The molecule has 0 saturated heterocycles. The topological polar surface area (TPSA) is 33.3 Å². The van der Waals surface area contributed by atoms with Gasteiger partial charge < -0.3 is 10.1 Å². The summed E-state index contributed by atoms with van der Waals surface area (Å²) in [4.78, 5) is 0. The van der Waals surface area contributed by atoms with Crippen LogP contribution < -0.4 is 14.8 Å². The Labute approximate surface area is 190 Å². The molecule has 0 radical (unpaired) electrons. The molecular formula is C22H20F3IN2OS. The number of aryl methyl sites for hydroxylation is 1. The number of ether oxygens (including phenoxy) is 1. The predicted molar refractivity (Wildman–Crippen MR) is 125 cm³/mol. The molecule has 2 N–H and O–H groups in total. The van der Waals surface area contributed by atoms with Gasteiger partial charge in [0.1, 0.15) is 11.5 Å². The molecule has 158 valence electrons. The van der Waals surface area contributed by atoms with Crippen LogP contribution in [0.5, 0.6) is 11.5 Å². The molecule has 0 spiro atoms. The second-order valence-corrected chi connectivity index (χ2v) is 8.45. The average Bonchev–Trinajstić information content (AvgIpc) is 2.73. The number of alkyl halides is 3. The highest BCUT2D eigenvalue weighted by Crippen LogP contribution is 2.32. The van der Waals surface area contributed by atoms with Crippen molar-refractivity contribution in [3.05, 3.63) is 89.5 Å². The van der Waals surface area contributed by atoms with Crippen molar-refractivity contribution in [2.45, 2.75) is 19.1 Å². The SMILES string of the molecule is Cc1ccc(Oc2ccc(NC(CNSI)c3cccc(C(F)(F)F)c3)cc2)cc1. The molecule has 0 aliphatic rings. The second-order valence-electron chi connectivity index (χ2n) is 6.69. The van der Waals surface area contributed by atoms with Crippen molar-refractivity contribution >= 4 is 36.0 Å². The molecule has 1 atom stereocenters. The Balaban J connectivity index is 1.74. The van der Waals surface area contributed by atoms with Crippen molar-refractivity contribution in [3.8, 4) is 11.5 Å². The minimum absolute atomic E-state index is 0.335. The fourth-order valence-corrected chi connectivity index (χ4v) is 3.63. The van der Waals surface area contributed by atoms with Gasteiger partial charge in [0.25, 0.3) is 0 Å². The lowest BCUT2D eigenvalue weighted by Crippen LogP contribution is -2.22. The molecule has 0 bridgehead atoms. The maximum absolute atomic E-state index is 13.1. The van der Waals surface area contributed by atoms with Crippen molar-refractivity contribution in [1.29, 1.82) is 0 Å². The molecule has 3 aromatic rings. The van der Waals surface area contributed by atoms with Crippen molar-refractivity contribution in [1.82, 2.24) is 4.72 Å². The third kappa shape index (κ3) is 6.55. The molecule has 0 fully saturated rings. The van der Waals surface area contributed by atoms with Gasteiger partial charge in [-0.25, -0.2) is 0 Å². The zero-order valence-electron chi connectivity index (χ0n) is 16.0. The fraction of sp³-hybridized carbons (Fsp3) is 0.182. The highest BCUT2D eigenvalue weighted by Gasteiger charge is 2.31. The lowest BCUT2D eigenvalue weighted by Gasteiger charge is -2.21. The van der Waals surface area contributed by atoms with E-state index in [0.717, 1.165) is 23.1 Å². The Morgan fingerprint density at radius 3 is 2.20 bits per heavy atom. The van der Waals surface area contributed by atoms with Gasteiger partial charge in [-0.15, -0.1) is 0 Å². The summed E-state index contributed by atoms with van der Waals surface area (Å²) in [7, 11) is 1.39. The second kappa shape index (κ2) is 10.4. The first-order chi connectivity index (χ1) is 14.3. The first-order valence-corrected chi connectivity index (χ1v) is 12.5. The van der Waals surface area contributed by atoms with E-state index in [2.05, 4.69) is 31.2 Å². The lowest BCUT2D eigenvalue weighted by atomic mass is 10.0.